The summed E-state index contributed by atoms with van der Waals surface area (Å²) in [4.78, 5) is 23.5. The number of aryl methyl sites for hydroxylation is 3. The minimum atomic E-state index is -0.766. The first kappa shape index (κ1) is 22.4. The summed E-state index contributed by atoms with van der Waals surface area (Å²) in [6, 6.07) is 12.0. The molecule has 1 heterocycles. The van der Waals surface area contributed by atoms with Crippen LogP contribution < -0.4 is 20.7 Å². The fraction of sp³-hybridized carbons (Fsp3) is 0.409. The number of nitrogens with zero attached hydrogens (tertiary/aromatic N) is 1. The zero-order chi connectivity index (χ0) is 20.9. The van der Waals surface area contributed by atoms with Gasteiger partial charge in [-0.15, -0.1) is 0 Å². The van der Waals surface area contributed by atoms with Gasteiger partial charge in [0, 0.05) is 31.7 Å². The second-order valence-electron chi connectivity index (χ2n) is 6.87. The molecule has 156 valence electrons. The first-order chi connectivity index (χ1) is 14.1. The van der Waals surface area contributed by atoms with E-state index in [1.807, 2.05) is 24.3 Å². The molecular weight excluding hydrogens is 368 g/mol. The molecule has 2 aromatic rings. The van der Waals surface area contributed by atoms with Gasteiger partial charge in [-0.25, -0.2) is 4.57 Å². The van der Waals surface area contributed by atoms with E-state index in [4.69, 9.17) is 5.11 Å². The molecule has 0 radical (unpaired) electrons. The molecule has 0 aliphatic heterocycles. The Kier molecular flexibility index (Phi) is 9.65. The van der Waals surface area contributed by atoms with E-state index >= 15 is 0 Å². The molecule has 4 N–H and O–H groups in total. The van der Waals surface area contributed by atoms with Crippen LogP contribution in [0.4, 0.5) is 5.69 Å². The normalized spacial score (nSPS) is 10.4. The molecule has 0 aliphatic rings. The van der Waals surface area contributed by atoms with Crippen LogP contribution in [-0.4, -0.2) is 30.1 Å². The van der Waals surface area contributed by atoms with E-state index in [1.165, 1.54) is 18.4 Å². The number of aromatic nitrogens is 1. The number of hydrazine groups is 1. The largest absolute Gasteiger partial charge is 0.396 e. The summed E-state index contributed by atoms with van der Waals surface area (Å²) in [7, 11) is 0. The van der Waals surface area contributed by atoms with Crippen molar-refractivity contribution in [3.63, 3.8) is 0 Å². The van der Waals surface area contributed by atoms with Crippen LogP contribution in [0.1, 0.15) is 37.3 Å². The highest BCUT2D eigenvalue weighted by Crippen LogP contribution is 2.16. The lowest BCUT2D eigenvalue weighted by molar-refractivity contribution is -0.697. The molecule has 7 heteroatoms. The molecular formula is C22H31N4O3+. The number of unbranched alkanes of at least 4 members (excludes halogenated alkanes) is 1. The van der Waals surface area contributed by atoms with Gasteiger partial charge in [0.15, 0.2) is 12.4 Å². The number of hydrogen-bond acceptors (Lipinski definition) is 4. The van der Waals surface area contributed by atoms with Gasteiger partial charge in [-0.2, -0.15) is 0 Å². The lowest BCUT2D eigenvalue weighted by Gasteiger charge is -2.13. The van der Waals surface area contributed by atoms with E-state index in [0.29, 0.717) is 6.42 Å². The number of aliphatic hydroxyl groups excluding tert-OH is 1. The van der Waals surface area contributed by atoms with E-state index < -0.39 is 11.8 Å². The smallest absolute Gasteiger partial charge is 0.327 e. The van der Waals surface area contributed by atoms with E-state index in [1.54, 1.807) is 0 Å². The standard InChI is InChI=1S/C22H30N4O3/c1-2-3-14-26-15-11-18(12-16-26)9-10-19-7-4-5-8-20(19)24-25-22(29)21(28)23-13-6-17-27/h4-5,7-8,11-12,15-16,27H,2-3,6,9-10,13-14,17H2,1H3,(H2-,23,24,25,28,29)/p+1. The van der Waals surface area contributed by atoms with E-state index in [-0.39, 0.29) is 13.2 Å². The average molecular weight is 400 g/mol. The number of aliphatic hydroxyl groups is 1. The molecule has 7 nitrogen and oxygen atoms in total. The number of benzene rings is 1. The zero-order valence-corrected chi connectivity index (χ0v) is 17.0. The number of amides is 2. The van der Waals surface area contributed by atoms with Gasteiger partial charge in [-0.3, -0.25) is 20.4 Å². The van der Waals surface area contributed by atoms with Crippen molar-refractivity contribution in [1.29, 1.82) is 0 Å². The predicted molar refractivity (Wildman–Crippen MR) is 112 cm³/mol. The summed E-state index contributed by atoms with van der Waals surface area (Å²) in [6.07, 6.45) is 8.68. The number of nitrogens with one attached hydrogen (secondary N) is 3. The topological polar surface area (TPSA) is 94.3 Å². The van der Waals surface area contributed by atoms with Gasteiger partial charge < -0.3 is 10.4 Å². The number of carbonyl (C=O) groups is 2. The number of carbonyl (C=O) groups excluding carboxylic acids is 2. The Labute approximate surface area is 172 Å². The maximum Gasteiger partial charge on any atom is 0.327 e. The van der Waals surface area contributed by atoms with Gasteiger partial charge >= 0.3 is 11.8 Å². The van der Waals surface area contributed by atoms with Crippen molar-refractivity contribution >= 4 is 17.5 Å². The van der Waals surface area contributed by atoms with Crippen molar-refractivity contribution < 1.29 is 19.3 Å². The zero-order valence-electron chi connectivity index (χ0n) is 17.0. The van der Waals surface area contributed by atoms with Crippen LogP contribution >= 0.6 is 0 Å². The van der Waals surface area contributed by atoms with Crippen molar-refractivity contribution in [3.8, 4) is 0 Å². The highest BCUT2D eigenvalue weighted by molar-refractivity contribution is 6.35. The maximum absolute atomic E-state index is 11.9. The number of pyridine rings is 1. The molecule has 0 fully saturated rings. The second-order valence-corrected chi connectivity index (χ2v) is 6.87. The molecule has 2 amide bonds. The summed E-state index contributed by atoms with van der Waals surface area (Å²) in [6.45, 7) is 3.45. The third-order valence-electron chi connectivity index (χ3n) is 4.57. The van der Waals surface area contributed by atoms with Crippen LogP contribution in [0.2, 0.25) is 0 Å². The first-order valence-electron chi connectivity index (χ1n) is 10.1. The molecule has 29 heavy (non-hydrogen) atoms. The number of rotatable bonds is 11. The van der Waals surface area contributed by atoms with Crippen molar-refractivity contribution in [1.82, 2.24) is 10.7 Å². The van der Waals surface area contributed by atoms with E-state index in [9.17, 15) is 9.59 Å². The molecule has 0 saturated heterocycles. The lowest BCUT2D eigenvalue weighted by atomic mass is 10.0. The van der Waals surface area contributed by atoms with Gasteiger partial charge in [-0.05, 0) is 36.5 Å². The summed E-state index contributed by atoms with van der Waals surface area (Å²) >= 11 is 0. The van der Waals surface area contributed by atoms with Crippen molar-refractivity contribution in [2.75, 3.05) is 18.6 Å². The molecule has 0 aliphatic carbocycles. The Bertz CT molecular complexity index is 778. The van der Waals surface area contributed by atoms with Gasteiger partial charge in [0.1, 0.15) is 6.54 Å². The number of hydrogen-bond donors (Lipinski definition) is 4. The Morgan fingerprint density at radius 2 is 1.76 bits per heavy atom. The van der Waals surface area contributed by atoms with Crippen LogP contribution in [0.25, 0.3) is 0 Å². The predicted octanol–water partition coefficient (Wildman–Crippen LogP) is 1.50. The second kappa shape index (κ2) is 12.5. The van der Waals surface area contributed by atoms with Gasteiger partial charge in [-0.1, -0.05) is 31.5 Å². The van der Waals surface area contributed by atoms with Gasteiger partial charge in [0.2, 0.25) is 0 Å². The number of para-hydroxylation sites is 1. The minimum absolute atomic E-state index is 0.0340. The fourth-order valence-corrected chi connectivity index (χ4v) is 2.83. The molecule has 1 aromatic carbocycles. The molecule has 0 spiro atoms. The highest BCUT2D eigenvalue weighted by atomic mass is 16.3. The molecule has 2 rings (SSSR count). The monoisotopic (exact) mass is 399 g/mol. The quantitative estimate of drug-likeness (QED) is 0.199. The molecule has 0 atom stereocenters. The summed E-state index contributed by atoms with van der Waals surface area (Å²) in [5, 5.41) is 11.2. The minimum Gasteiger partial charge on any atom is -0.396 e. The summed E-state index contributed by atoms with van der Waals surface area (Å²) < 4.78 is 2.20. The Morgan fingerprint density at radius 3 is 2.48 bits per heavy atom. The SMILES string of the molecule is CCCC[n+]1ccc(CCc2ccccc2NNC(=O)C(=O)NCCCO)cc1. The van der Waals surface area contributed by atoms with E-state index in [0.717, 1.165) is 30.6 Å². The van der Waals surface area contributed by atoms with Crippen molar-refractivity contribution in [2.45, 2.75) is 45.6 Å². The third kappa shape index (κ3) is 7.91. The Hall–Kier alpha value is -2.93. The van der Waals surface area contributed by atoms with Crippen LogP contribution in [-0.2, 0) is 29.0 Å². The Balaban J connectivity index is 1.86. The molecule has 1 aromatic heterocycles. The van der Waals surface area contributed by atoms with E-state index in [2.05, 4.69) is 52.2 Å². The van der Waals surface area contributed by atoms with Crippen molar-refractivity contribution in [2.24, 2.45) is 0 Å². The summed E-state index contributed by atoms with van der Waals surface area (Å²) in [5.41, 5.74) is 8.33. The lowest BCUT2D eigenvalue weighted by Crippen LogP contribution is -2.42. The highest BCUT2D eigenvalue weighted by Gasteiger charge is 2.13. The average Bonchev–Trinajstić information content (AvgIpc) is 2.76. The van der Waals surface area contributed by atoms with Crippen LogP contribution in [0.15, 0.2) is 48.8 Å². The maximum atomic E-state index is 11.9. The summed E-state index contributed by atoms with van der Waals surface area (Å²) in [5.74, 6) is -1.50. The number of anilines is 1. The van der Waals surface area contributed by atoms with Gasteiger partial charge in [0.05, 0.1) is 5.69 Å². The molecule has 0 bridgehead atoms. The van der Waals surface area contributed by atoms with Crippen LogP contribution in [0, 0.1) is 0 Å². The molecule has 0 unspecified atom stereocenters. The van der Waals surface area contributed by atoms with Crippen LogP contribution in [0.3, 0.4) is 0 Å². The molecule has 0 saturated carbocycles. The first-order valence-corrected chi connectivity index (χ1v) is 10.1. The van der Waals surface area contributed by atoms with Gasteiger partial charge in [0.25, 0.3) is 0 Å². The van der Waals surface area contributed by atoms with Crippen LogP contribution in [0.5, 0.6) is 0 Å². The third-order valence-corrected chi connectivity index (χ3v) is 4.57. The van der Waals surface area contributed by atoms with Crippen molar-refractivity contribution in [3.05, 3.63) is 59.9 Å². The Morgan fingerprint density at radius 1 is 1.00 bits per heavy atom. The fourth-order valence-electron chi connectivity index (χ4n) is 2.83.